The minimum atomic E-state index is -0.164. The standard InChI is InChI=1S/C12H18N2O2S/c1-14-6-5-9(7-14)10-8-17-11(13-10)3-4-12(15)16-2/h8-9H,3-7H2,1-2H3. The fourth-order valence-electron chi connectivity index (χ4n) is 2.11. The minimum Gasteiger partial charge on any atom is -0.469 e. The van der Waals surface area contributed by atoms with Crippen LogP contribution in [0.25, 0.3) is 0 Å². The molecule has 5 heteroatoms. The topological polar surface area (TPSA) is 42.4 Å². The first-order valence-corrected chi connectivity index (χ1v) is 6.76. The molecule has 2 heterocycles. The average molecular weight is 254 g/mol. The van der Waals surface area contributed by atoms with E-state index < -0.39 is 0 Å². The van der Waals surface area contributed by atoms with Crippen LogP contribution in [-0.2, 0) is 16.0 Å². The molecule has 2 rings (SSSR count). The van der Waals surface area contributed by atoms with E-state index in [9.17, 15) is 4.79 Å². The smallest absolute Gasteiger partial charge is 0.305 e. The van der Waals surface area contributed by atoms with Crippen LogP contribution in [-0.4, -0.2) is 43.1 Å². The van der Waals surface area contributed by atoms with Crippen molar-refractivity contribution in [2.45, 2.75) is 25.2 Å². The van der Waals surface area contributed by atoms with E-state index in [0.29, 0.717) is 18.8 Å². The molecule has 4 nitrogen and oxygen atoms in total. The Balaban J connectivity index is 1.89. The predicted octanol–water partition coefficient (Wildman–Crippen LogP) is 1.67. The molecule has 0 spiro atoms. The van der Waals surface area contributed by atoms with E-state index in [1.54, 1.807) is 11.3 Å². The van der Waals surface area contributed by atoms with Gasteiger partial charge in [0.25, 0.3) is 0 Å². The summed E-state index contributed by atoms with van der Waals surface area (Å²) < 4.78 is 4.62. The molecule has 1 aliphatic rings. The maximum Gasteiger partial charge on any atom is 0.305 e. The predicted molar refractivity (Wildman–Crippen MR) is 67.3 cm³/mol. The van der Waals surface area contributed by atoms with Gasteiger partial charge >= 0.3 is 5.97 Å². The molecule has 0 N–H and O–H groups in total. The van der Waals surface area contributed by atoms with E-state index in [1.165, 1.54) is 19.2 Å². The van der Waals surface area contributed by atoms with Gasteiger partial charge in [0, 0.05) is 24.3 Å². The SMILES string of the molecule is COC(=O)CCc1nc(C2CCN(C)C2)cs1. The molecule has 1 atom stereocenters. The number of ether oxygens (including phenoxy) is 1. The molecule has 0 bridgehead atoms. The van der Waals surface area contributed by atoms with Crippen molar-refractivity contribution in [1.82, 2.24) is 9.88 Å². The van der Waals surface area contributed by atoms with Gasteiger partial charge in [-0.1, -0.05) is 0 Å². The first-order chi connectivity index (χ1) is 8.19. The largest absolute Gasteiger partial charge is 0.469 e. The lowest BCUT2D eigenvalue weighted by Crippen LogP contribution is -2.13. The molecule has 1 fully saturated rings. The minimum absolute atomic E-state index is 0.164. The zero-order valence-electron chi connectivity index (χ0n) is 10.3. The van der Waals surface area contributed by atoms with Crippen LogP contribution in [0.4, 0.5) is 0 Å². The quantitative estimate of drug-likeness (QED) is 0.767. The lowest BCUT2D eigenvalue weighted by Gasteiger charge is -2.06. The van der Waals surface area contributed by atoms with Crippen LogP contribution in [0.1, 0.15) is 29.5 Å². The third kappa shape index (κ3) is 3.26. The molecule has 1 aliphatic heterocycles. The molecule has 1 saturated heterocycles. The fraction of sp³-hybridized carbons (Fsp3) is 0.667. The van der Waals surface area contributed by atoms with Gasteiger partial charge in [-0.2, -0.15) is 0 Å². The van der Waals surface area contributed by atoms with Gasteiger partial charge in [0.1, 0.15) is 0 Å². The van der Waals surface area contributed by atoms with E-state index in [2.05, 4.69) is 27.0 Å². The zero-order valence-corrected chi connectivity index (χ0v) is 11.1. The molecule has 17 heavy (non-hydrogen) atoms. The Morgan fingerprint density at radius 3 is 3.18 bits per heavy atom. The van der Waals surface area contributed by atoms with Crippen molar-refractivity contribution in [3.8, 4) is 0 Å². The Hall–Kier alpha value is -0.940. The molecular weight excluding hydrogens is 236 g/mol. The number of aromatic nitrogens is 1. The lowest BCUT2D eigenvalue weighted by molar-refractivity contribution is -0.140. The summed E-state index contributed by atoms with van der Waals surface area (Å²) in [7, 11) is 3.56. The highest BCUT2D eigenvalue weighted by molar-refractivity contribution is 7.09. The summed E-state index contributed by atoms with van der Waals surface area (Å²) >= 11 is 1.65. The molecule has 0 radical (unpaired) electrons. The summed E-state index contributed by atoms with van der Waals surface area (Å²) in [5, 5.41) is 3.18. The van der Waals surface area contributed by atoms with Crippen molar-refractivity contribution in [3.05, 3.63) is 16.1 Å². The van der Waals surface area contributed by atoms with Crippen LogP contribution in [0.3, 0.4) is 0 Å². The van der Waals surface area contributed by atoms with Crippen LogP contribution in [0, 0.1) is 0 Å². The lowest BCUT2D eigenvalue weighted by atomic mass is 10.1. The number of hydrogen-bond donors (Lipinski definition) is 0. The van der Waals surface area contributed by atoms with Crippen molar-refractivity contribution in [2.75, 3.05) is 27.2 Å². The number of hydrogen-bond acceptors (Lipinski definition) is 5. The molecule has 94 valence electrons. The van der Waals surface area contributed by atoms with E-state index in [4.69, 9.17) is 0 Å². The second-order valence-corrected chi connectivity index (χ2v) is 5.43. The Labute approximate surface area is 106 Å². The maximum atomic E-state index is 11.0. The average Bonchev–Trinajstić information content (AvgIpc) is 2.94. The van der Waals surface area contributed by atoms with Crippen molar-refractivity contribution >= 4 is 17.3 Å². The summed E-state index contributed by atoms with van der Waals surface area (Å²) in [5.41, 5.74) is 1.19. The molecule has 0 amide bonds. The summed E-state index contributed by atoms with van der Waals surface area (Å²) in [6.07, 6.45) is 2.31. The summed E-state index contributed by atoms with van der Waals surface area (Å²) in [5.74, 6) is 0.408. The van der Waals surface area contributed by atoms with Gasteiger partial charge in [-0.05, 0) is 20.0 Å². The first kappa shape index (κ1) is 12.5. The number of carbonyl (C=O) groups is 1. The molecule has 1 aromatic heterocycles. The van der Waals surface area contributed by atoms with Crippen LogP contribution in [0.2, 0.25) is 0 Å². The Kier molecular flexibility index (Phi) is 4.12. The van der Waals surface area contributed by atoms with E-state index in [0.717, 1.165) is 18.1 Å². The molecule has 0 aromatic carbocycles. The highest BCUT2D eigenvalue weighted by Gasteiger charge is 2.23. The summed E-state index contributed by atoms with van der Waals surface area (Å²) in [4.78, 5) is 18.0. The molecular formula is C12H18N2O2S. The number of likely N-dealkylation sites (tertiary alicyclic amines) is 1. The maximum absolute atomic E-state index is 11.0. The third-order valence-electron chi connectivity index (χ3n) is 3.15. The van der Waals surface area contributed by atoms with Crippen LogP contribution in [0.15, 0.2) is 5.38 Å². The summed E-state index contributed by atoms with van der Waals surface area (Å²) in [6.45, 7) is 2.25. The van der Waals surface area contributed by atoms with Crippen molar-refractivity contribution in [3.63, 3.8) is 0 Å². The number of aryl methyl sites for hydroxylation is 1. The van der Waals surface area contributed by atoms with Gasteiger partial charge in [0.05, 0.1) is 24.2 Å². The normalized spacial score (nSPS) is 20.7. The fourth-order valence-corrected chi connectivity index (χ4v) is 2.99. The zero-order chi connectivity index (χ0) is 12.3. The second-order valence-electron chi connectivity index (χ2n) is 4.49. The van der Waals surface area contributed by atoms with Crippen LogP contribution >= 0.6 is 11.3 Å². The van der Waals surface area contributed by atoms with Gasteiger partial charge < -0.3 is 9.64 Å². The number of thiazole rings is 1. The van der Waals surface area contributed by atoms with Gasteiger partial charge in [0.15, 0.2) is 0 Å². The van der Waals surface area contributed by atoms with Gasteiger partial charge in [-0.3, -0.25) is 4.79 Å². The first-order valence-electron chi connectivity index (χ1n) is 5.88. The van der Waals surface area contributed by atoms with Gasteiger partial charge in [0.2, 0.25) is 0 Å². The molecule has 0 saturated carbocycles. The number of carbonyl (C=O) groups excluding carboxylic acids is 1. The van der Waals surface area contributed by atoms with Crippen LogP contribution < -0.4 is 0 Å². The molecule has 0 aliphatic carbocycles. The number of esters is 1. The van der Waals surface area contributed by atoms with Gasteiger partial charge in [-0.15, -0.1) is 11.3 Å². The second kappa shape index (κ2) is 5.60. The number of rotatable bonds is 4. The van der Waals surface area contributed by atoms with Crippen molar-refractivity contribution in [2.24, 2.45) is 0 Å². The summed E-state index contributed by atoms with van der Waals surface area (Å²) in [6, 6.07) is 0. The highest BCUT2D eigenvalue weighted by atomic mass is 32.1. The highest BCUT2D eigenvalue weighted by Crippen LogP contribution is 2.27. The monoisotopic (exact) mass is 254 g/mol. The van der Waals surface area contributed by atoms with Crippen molar-refractivity contribution in [1.29, 1.82) is 0 Å². The van der Waals surface area contributed by atoms with E-state index in [-0.39, 0.29) is 5.97 Å². The third-order valence-corrected chi connectivity index (χ3v) is 4.08. The van der Waals surface area contributed by atoms with Crippen molar-refractivity contribution < 1.29 is 9.53 Å². The molecule has 1 unspecified atom stereocenters. The van der Waals surface area contributed by atoms with Gasteiger partial charge in [-0.25, -0.2) is 4.98 Å². The Bertz CT molecular complexity index is 392. The number of likely N-dealkylation sites (N-methyl/N-ethyl adjacent to an activating group) is 1. The number of methoxy groups -OCH3 is 1. The number of nitrogens with zero attached hydrogens (tertiary/aromatic N) is 2. The Morgan fingerprint density at radius 2 is 2.53 bits per heavy atom. The van der Waals surface area contributed by atoms with Crippen LogP contribution in [0.5, 0.6) is 0 Å². The van der Waals surface area contributed by atoms with E-state index >= 15 is 0 Å². The van der Waals surface area contributed by atoms with E-state index in [1.807, 2.05) is 0 Å². The Morgan fingerprint density at radius 1 is 1.71 bits per heavy atom. The molecule has 1 aromatic rings.